The van der Waals surface area contributed by atoms with Crippen LogP contribution >= 0.6 is 11.3 Å². The van der Waals surface area contributed by atoms with Crippen molar-refractivity contribution in [3.63, 3.8) is 0 Å². The zero-order valence-corrected chi connectivity index (χ0v) is 24.4. The largest absolute Gasteiger partial charge is 0.347 e. The van der Waals surface area contributed by atoms with E-state index in [0.29, 0.717) is 5.01 Å². The van der Waals surface area contributed by atoms with Gasteiger partial charge in [0.25, 0.3) is 5.91 Å². The molecule has 0 unspecified atom stereocenters. The minimum absolute atomic E-state index is 0.153. The van der Waals surface area contributed by atoms with Crippen molar-refractivity contribution in [3.05, 3.63) is 117 Å². The van der Waals surface area contributed by atoms with Crippen LogP contribution in [0, 0.1) is 11.6 Å². The first-order chi connectivity index (χ1) is 19.6. The number of thiazole rings is 1. The maximum atomic E-state index is 13.8. The molecule has 4 rings (SSSR count). The normalized spacial score (nSPS) is 11.1. The van der Waals surface area contributed by atoms with E-state index < -0.39 is 0 Å². The van der Waals surface area contributed by atoms with Crippen molar-refractivity contribution >= 4 is 29.0 Å². The van der Waals surface area contributed by atoms with Crippen LogP contribution in [0.1, 0.15) is 77.3 Å². The van der Waals surface area contributed by atoms with Crippen LogP contribution in [0.5, 0.6) is 0 Å². The van der Waals surface area contributed by atoms with Gasteiger partial charge in [-0.1, -0.05) is 70.2 Å². The summed E-state index contributed by atoms with van der Waals surface area (Å²) in [6.45, 7) is 8.96. The van der Waals surface area contributed by atoms with Crippen LogP contribution in [0.2, 0.25) is 0 Å². The third-order valence-electron chi connectivity index (χ3n) is 6.66. The highest BCUT2D eigenvalue weighted by molar-refractivity contribution is 7.09. The number of benzene rings is 3. The maximum Gasteiger partial charge on any atom is 0.322 e. The second-order valence-corrected chi connectivity index (χ2v) is 11.4. The van der Waals surface area contributed by atoms with Gasteiger partial charge in [-0.05, 0) is 58.4 Å². The summed E-state index contributed by atoms with van der Waals surface area (Å²) in [6, 6.07) is 17.7. The lowest BCUT2D eigenvalue weighted by Crippen LogP contribution is -2.34. The van der Waals surface area contributed by atoms with E-state index >= 15 is 0 Å². The number of carbonyl (C=O) groups excluding carboxylic acids is 2. The zero-order chi connectivity index (χ0) is 29.5. The number of aromatic nitrogens is 1. The second kappa shape index (κ2) is 13.5. The molecule has 0 saturated carbocycles. The summed E-state index contributed by atoms with van der Waals surface area (Å²) in [6.07, 6.45) is 0. The van der Waals surface area contributed by atoms with Gasteiger partial charge >= 0.3 is 6.03 Å². The predicted octanol–water partition coefficient (Wildman–Crippen LogP) is 7.83. The van der Waals surface area contributed by atoms with E-state index in [9.17, 15) is 18.4 Å². The van der Waals surface area contributed by atoms with Crippen molar-refractivity contribution in [2.75, 3.05) is 5.32 Å². The smallest absolute Gasteiger partial charge is 0.322 e. The topological polar surface area (TPSA) is 74.3 Å². The maximum absolute atomic E-state index is 13.8. The number of para-hydroxylation sites is 1. The fourth-order valence-corrected chi connectivity index (χ4v) is 5.21. The quantitative estimate of drug-likeness (QED) is 0.202. The Bertz CT molecular complexity index is 1460. The molecule has 3 aromatic carbocycles. The molecule has 0 spiro atoms. The van der Waals surface area contributed by atoms with E-state index in [0.717, 1.165) is 27.9 Å². The van der Waals surface area contributed by atoms with Crippen LogP contribution in [-0.4, -0.2) is 21.8 Å². The van der Waals surface area contributed by atoms with Gasteiger partial charge in [0.2, 0.25) is 0 Å². The molecule has 41 heavy (non-hydrogen) atoms. The Morgan fingerprint density at radius 1 is 0.829 bits per heavy atom. The van der Waals surface area contributed by atoms with Gasteiger partial charge in [0, 0.05) is 24.2 Å². The molecule has 4 aromatic rings. The lowest BCUT2D eigenvalue weighted by Gasteiger charge is -2.26. The van der Waals surface area contributed by atoms with Gasteiger partial charge in [-0.2, -0.15) is 0 Å². The number of carbonyl (C=O) groups is 2. The summed E-state index contributed by atoms with van der Waals surface area (Å²) in [5.74, 6) is -0.659. The minimum atomic E-state index is -0.362. The third-order valence-corrected chi connectivity index (χ3v) is 7.49. The number of amides is 3. The van der Waals surface area contributed by atoms with Gasteiger partial charge in [-0.15, -0.1) is 11.3 Å². The Morgan fingerprint density at radius 3 is 1.95 bits per heavy atom. The first kappa shape index (κ1) is 29.9. The molecule has 0 saturated heterocycles. The van der Waals surface area contributed by atoms with Gasteiger partial charge in [0.15, 0.2) is 0 Å². The fourth-order valence-electron chi connectivity index (χ4n) is 4.42. The number of hydrogen-bond acceptors (Lipinski definition) is 4. The third kappa shape index (κ3) is 7.98. The molecular weight excluding hydrogens is 542 g/mol. The summed E-state index contributed by atoms with van der Waals surface area (Å²) >= 11 is 1.28. The Balaban J connectivity index is 1.54. The molecule has 9 heteroatoms. The summed E-state index contributed by atoms with van der Waals surface area (Å²) in [5, 5.41) is 8.17. The summed E-state index contributed by atoms with van der Waals surface area (Å²) in [5.41, 5.74) is 4.64. The Hall–Kier alpha value is -4.11. The van der Waals surface area contributed by atoms with E-state index in [1.807, 2.05) is 18.2 Å². The number of anilines is 1. The first-order valence-corrected chi connectivity index (χ1v) is 14.4. The number of nitrogens with one attached hydrogen (secondary N) is 2. The van der Waals surface area contributed by atoms with Gasteiger partial charge in [0.05, 0.1) is 6.54 Å². The van der Waals surface area contributed by atoms with Crippen molar-refractivity contribution in [2.45, 2.75) is 59.2 Å². The number of hydrogen-bond donors (Lipinski definition) is 2. The highest BCUT2D eigenvalue weighted by atomic mass is 32.1. The molecular formula is C32H34F2N4O2S. The zero-order valence-electron chi connectivity index (χ0n) is 23.6. The van der Waals surface area contributed by atoms with Gasteiger partial charge in [-0.3, -0.25) is 4.79 Å². The van der Waals surface area contributed by atoms with Crippen LogP contribution in [0.3, 0.4) is 0 Å². The molecule has 1 heterocycles. The average Bonchev–Trinajstić information content (AvgIpc) is 3.42. The Labute approximate surface area is 243 Å². The lowest BCUT2D eigenvalue weighted by molar-refractivity contribution is 0.0946. The van der Waals surface area contributed by atoms with E-state index in [1.54, 1.807) is 34.5 Å². The van der Waals surface area contributed by atoms with Crippen LogP contribution in [-0.2, 0) is 19.6 Å². The molecule has 3 amide bonds. The molecule has 0 aliphatic rings. The molecule has 0 aliphatic carbocycles. The van der Waals surface area contributed by atoms with Gasteiger partial charge in [-0.25, -0.2) is 18.6 Å². The van der Waals surface area contributed by atoms with Crippen molar-refractivity contribution < 1.29 is 18.4 Å². The lowest BCUT2D eigenvalue weighted by atomic mass is 9.93. The number of nitrogens with zero attached hydrogens (tertiary/aromatic N) is 2. The molecule has 6 nitrogen and oxygen atoms in total. The fraction of sp³-hybridized carbons (Fsp3) is 0.281. The highest BCUT2D eigenvalue weighted by Gasteiger charge is 2.22. The van der Waals surface area contributed by atoms with Crippen LogP contribution < -0.4 is 10.6 Å². The summed E-state index contributed by atoms with van der Waals surface area (Å²) in [7, 11) is 0. The SMILES string of the molecule is CC(C)c1cccc(C(C)C)c1NC(=O)N(Cc1ccc(F)cc1)Cc1nc(C(=O)NCc2ccc(F)cc2)cs1. The standard InChI is InChI=1S/C32H34F2N4O2S/c1-20(2)26-6-5-7-27(21(3)4)30(26)37-32(40)38(17-23-10-14-25(34)15-11-23)18-29-36-28(19-41-29)31(39)35-16-22-8-12-24(33)13-9-22/h5-15,19-21H,16-18H2,1-4H3,(H,35,39)(H,37,40). The minimum Gasteiger partial charge on any atom is -0.347 e. The molecule has 0 radical (unpaired) electrons. The molecule has 214 valence electrons. The number of urea groups is 1. The van der Waals surface area contributed by atoms with Crippen molar-refractivity contribution in [1.29, 1.82) is 0 Å². The molecule has 0 aliphatic heterocycles. The van der Waals surface area contributed by atoms with E-state index in [4.69, 9.17) is 0 Å². The predicted molar refractivity (Wildman–Crippen MR) is 159 cm³/mol. The average molecular weight is 577 g/mol. The van der Waals surface area contributed by atoms with Crippen molar-refractivity contribution in [2.24, 2.45) is 0 Å². The van der Waals surface area contributed by atoms with Crippen LogP contribution in [0.25, 0.3) is 0 Å². The first-order valence-electron chi connectivity index (χ1n) is 13.5. The molecule has 0 atom stereocenters. The summed E-state index contributed by atoms with van der Waals surface area (Å²) in [4.78, 5) is 32.6. The van der Waals surface area contributed by atoms with E-state index in [2.05, 4.69) is 43.3 Å². The molecule has 2 N–H and O–H groups in total. The van der Waals surface area contributed by atoms with E-state index in [1.165, 1.54) is 35.6 Å². The Morgan fingerprint density at radius 2 is 1.39 bits per heavy atom. The monoisotopic (exact) mass is 576 g/mol. The van der Waals surface area contributed by atoms with Gasteiger partial charge < -0.3 is 15.5 Å². The van der Waals surface area contributed by atoms with Crippen LogP contribution in [0.15, 0.2) is 72.1 Å². The van der Waals surface area contributed by atoms with Crippen molar-refractivity contribution in [1.82, 2.24) is 15.2 Å². The summed E-state index contributed by atoms with van der Waals surface area (Å²) < 4.78 is 26.7. The second-order valence-electron chi connectivity index (χ2n) is 10.5. The van der Waals surface area contributed by atoms with E-state index in [-0.39, 0.29) is 60.7 Å². The van der Waals surface area contributed by atoms with Crippen LogP contribution in [0.4, 0.5) is 19.3 Å². The van der Waals surface area contributed by atoms with Crippen molar-refractivity contribution in [3.8, 4) is 0 Å². The van der Waals surface area contributed by atoms with Gasteiger partial charge in [0.1, 0.15) is 22.3 Å². The number of halogens is 2. The number of rotatable bonds is 10. The molecule has 0 bridgehead atoms. The Kier molecular flexibility index (Phi) is 9.83. The molecule has 0 fully saturated rings. The molecule has 1 aromatic heterocycles. The highest BCUT2D eigenvalue weighted by Crippen LogP contribution is 2.33.